The van der Waals surface area contributed by atoms with Crippen LogP contribution >= 0.6 is 0 Å². The number of rotatable bonds is 7. The van der Waals surface area contributed by atoms with E-state index < -0.39 is 0 Å². The average Bonchev–Trinajstić information content (AvgIpc) is 2.51. The molecule has 24 heavy (non-hydrogen) atoms. The Hall–Kier alpha value is -1.79. The Labute approximate surface area is 144 Å². The Kier molecular flexibility index (Phi) is 8.57. The van der Waals surface area contributed by atoms with Crippen LogP contribution in [0, 0.1) is 11.8 Å². The molecular weight excluding hydrogens is 308 g/mol. The van der Waals surface area contributed by atoms with Gasteiger partial charge in [0, 0.05) is 45.6 Å². The lowest BCUT2D eigenvalue weighted by molar-refractivity contribution is -0.123. The van der Waals surface area contributed by atoms with E-state index in [1.807, 2.05) is 18.7 Å². The van der Waals surface area contributed by atoms with Gasteiger partial charge in [-0.2, -0.15) is 0 Å². The predicted octanol–water partition coefficient (Wildman–Crippen LogP) is 1.09. The van der Waals surface area contributed by atoms with E-state index in [9.17, 15) is 14.4 Å². The minimum Gasteiger partial charge on any atom is -0.355 e. The van der Waals surface area contributed by atoms with Gasteiger partial charge in [-0.05, 0) is 32.1 Å². The van der Waals surface area contributed by atoms with Crippen molar-refractivity contribution in [2.45, 2.75) is 53.0 Å². The van der Waals surface area contributed by atoms with Crippen LogP contribution in [0.15, 0.2) is 0 Å². The summed E-state index contributed by atoms with van der Waals surface area (Å²) in [5.74, 6) is 0.572. The summed E-state index contributed by atoms with van der Waals surface area (Å²) in [6.07, 6.45) is 2.29. The van der Waals surface area contributed by atoms with E-state index in [0.717, 1.165) is 12.8 Å². The lowest BCUT2D eigenvalue weighted by Crippen LogP contribution is -2.50. The first kappa shape index (κ1) is 20.3. The fraction of sp³-hybridized carbons (Fsp3) is 0.824. The predicted molar refractivity (Wildman–Crippen MR) is 93.4 cm³/mol. The zero-order chi connectivity index (χ0) is 18.1. The van der Waals surface area contributed by atoms with Crippen LogP contribution in [0.3, 0.4) is 0 Å². The number of carbonyl (C=O) groups is 3. The quantitative estimate of drug-likeness (QED) is 0.606. The van der Waals surface area contributed by atoms with Crippen LogP contribution in [0.5, 0.6) is 0 Å². The van der Waals surface area contributed by atoms with Crippen LogP contribution in [0.25, 0.3) is 0 Å². The van der Waals surface area contributed by atoms with Gasteiger partial charge in [0.15, 0.2) is 0 Å². The van der Waals surface area contributed by atoms with Gasteiger partial charge in [-0.1, -0.05) is 13.3 Å². The van der Waals surface area contributed by atoms with E-state index in [2.05, 4.69) is 22.9 Å². The van der Waals surface area contributed by atoms with Gasteiger partial charge in [0.25, 0.3) is 0 Å². The Balaban J connectivity index is 2.40. The maximum absolute atomic E-state index is 12.1. The van der Waals surface area contributed by atoms with Gasteiger partial charge in [0.05, 0.1) is 0 Å². The van der Waals surface area contributed by atoms with Crippen molar-refractivity contribution in [2.24, 2.45) is 11.8 Å². The lowest BCUT2D eigenvalue weighted by Gasteiger charge is -2.38. The first-order chi connectivity index (χ1) is 11.3. The van der Waals surface area contributed by atoms with Gasteiger partial charge in [-0.15, -0.1) is 0 Å². The molecule has 1 fully saturated rings. The molecule has 0 aromatic rings. The van der Waals surface area contributed by atoms with Crippen LogP contribution < -0.4 is 16.0 Å². The number of hydrogen-bond acceptors (Lipinski definition) is 3. The molecule has 7 nitrogen and oxygen atoms in total. The third kappa shape index (κ3) is 7.19. The zero-order valence-corrected chi connectivity index (χ0v) is 15.4. The fourth-order valence-electron chi connectivity index (χ4n) is 3.09. The summed E-state index contributed by atoms with van der Waals surface area (Å²) >= 11 is 0. The summed E-state index contributed by atoms with van der Waals surface area (Å²) in [6.45, 7) is 9.77. The van der Waals surface area contributed by atoms with Crippen molar-refractivity contribution in [2.75, 3.05) is 26.2 Å². The molecule has 1 heterocycles. The van der Waals surface area contributed by atoms with Crippen molar-refractivity contribution >= 4 is 17.8 Å². The number of amides is 4. The summed E-state index contributed by atoms with van der Waals surface area (Å²) in [4.78, 5) is 36.8. The number of likely N-dealkylation sites (tertiary alicyclic amines) is 1. The summed E-state index contributed by atoms with van der Waals surface area (Å²) in [5.41, 5.74) is 0. The van der Waals surface area contributed by atoms with E-state index in [4.69, 9.17) is 0 Å². The third-order valence-electron chi connectivity index (χ3n) is 4.38. The number of nitrogens with one attached hydrogen (secondary N) is 3. The van der Waals surface area contributed by atoms with Crippen molar-refractivity contribution in [3.63, 3.8) is 0 Å². The van der Waals surface area contributed by atoms with Crippen LogP contribution in [0.1, 0.15) is 47.0 Å². The Bertz CT molecular complexity index is 440. The first-order valence-corrected chi connectivity index (χ1v) is 8.90. The number of hydrogen-bond donors (Lipinski definition) is 3. The van der Waals surface area contributed by atoms with Gasteiger partial charge in [-0.3, -0.25) is 9.59 Å². The molecule has 0 aliphatic carbocycles. The van der Waals surface area contributed by atoms with Gasteiger partial charge in [0.1, 0.15) is 0 Å². The smallest absolute Gasteiger partial charge is 0.317 e. The highest BCUT2D eigenvalue weighted by atomic mass is 16.2. The number of urea groups is 1. The van der Waals surface area contributed by atoms with Crippen molar-refractivity contribution < 1.29 is 14.4 Å². The van der Waals surface area contributed by atoms with Crippen molar-refractivity contribution in [1.82, 2.24) is 20.9 Å². The molecule has 1 rings (SSSR count). The second-order valence-electron chi connectivity index (χ2n) is 6.80. The number of piperidine rings is 1. The molecule has 4 amide bonds. The van der Waals surface area contributed by atoms with Gasteiger partial charge in [-0.25, -0.2) is 4.79 Å². The van der Waals surface area contributed by atoms with Gasteiger partial charge in [0.2, 0.25) is 11.8 Å². The van der Waals surface area contributed by atoms with E-state index in [-0.39, 0.29) is 23.9 Å². The minimum absolute atomic E-state index is 0.0124. The second kappa shape index (κ2) is 10.2. The molecule has 0 aromatic carbocycles. The Morgan fingerprint density at radius 3 is 2.38 bits per heavy atom. The van der Waals surface area contributed by atoms with E-state index in [1.165, 1.54) is 6.92 Å². The Morgan fingerprint density at radius 2 is 1.79 bits per heavy atom. The topological polar surface area (TPSA) is 90.5 Å². The molecule has 1 aliphatic heterocycles. The highest BCUT2D eigenvalue weighted by Crippen LogP contribution is 2.29. The lowest BCUT2D eigenvalue weighted by atomic mass is 9.81. The summed E-state index contributed by atoms with van der Waals surface area (Å²) in [5, 5.41) is 8.43. The fourth-order valence-corrected chi connectivity index (χ4v) is 3.09. The van der Waals surface area contributed by atoms with Crippen LogP contribution in [-0.2, 0) is 9.59 Å². The van der Waals surface area contributed by atoms with E-state index in [0.29, 0.717) is 44.4 Å². The molecule has 0 aromatic heterocycles. The normalized spacial score (nSPS) is 20.6. The van der Waals surface area contributed by atoms with Crippen molar-refractivity contribution in [3.05, 3.63) is 0 Å². The zero-order valence-electron chi connectivity index (χ0n) is 15.4. The second-order valence-corrected chi connectivity index (χ2v) is 6.80. The van der Waals surface area contributed by atoms with Crippen molar-refractivity contribution in [3.8, 4) is 0 Å². The van der Waals surface area contributed by atoms with Crippen LogP contribution in [-0.4, -0.2) is 55.0 Å². The molecule has 0 spiro atoms. The summed E-state index contributed by atoms with van der Waals surface area (Å²) in [7, 11) is 0. The standard InChI is InChI=1S/C17H32N4O3/c1-5-14-11-21(17(24)20-12(2)3)9-6-15(14)10-16(23)19-8-7-18-13(4)22/h12,14-15H,5-11H2,1-4H3,(H,18,22)(H,19,23)(H,20,24). The first-order valence-electron chi connectivity index (χ1n) is 8.90. The van der Waals surface area contributed by atoms with Gasteiger partial charge < -0.3 is 20.9 Å². The molecule has 0 bridgehead atoms. The van der Waals surface area contributed by atoms with E-state index >= 15 is 0 Å². The number of nitrogens with zero attached hydrogens (tertiary/aromatic N) is 1. The maximum atomic E-state index is 12.1. The van der Waals surface area contributed by atoms with Gasteiger partial charge >= 0.3 is 6.03 Å². The average molecular weight is 340 g/mol. The Morgan fingerprint density at radius 1 is 1.12 bits per heavy atom. The van der Waals surface area contributed by atoms with Crippen LogP contribution in [0.2, 0.25) is 0 Å². The molecule has 2 atom stereocenters. The third-order valence-corrected chi connectivity index (χ3v) is 4.38. The molecule has 7 heteroatoms. The van der Waals surface area contributed by atoms with E-state index in [1.54, 1.807) is 0 Å². The monoisotopic (exact) mass is 340 g/mol. The molecule has 1 aliphatic rings. The molecular formula is C17H32N4O3. The molecule has 2 unspecified atom stereocenters. The summed E-state index contributed by atoms with van der Waals surface area (Å²) < 4.78 is 0. The highest BCUT2D eigenvalue weighted by molar-refractivity contribution is 5.77. The molecule has 0 radical (unpaired) electrons. The molecule has 1 saturated heterocycles. The molecule has 0 saturated carbocycles. The minimum atomic E-state index is -0.0951. The maximum Gasteiger partial charge on any atom is 0.317 e. The highest BCUT2D eigenvalue weighted by Gasteiger charge is 2.31. The van der Waals surface area contributed by atoms with Crippen molar-refractivity contribution in [1.29, 1.82) is 0 Å². The largest absolute Gasteiger partial charge is 0.355 e. The summed E-state index contributed by atoms with van der Waals surface area (Å²) in [6, 6.07) is 0.117. The molecule has 138 valence electrons. The molecule has 3 N–H and O–H groups in total. The SMILES string of the molecule is CCC1CN(C(=O)NC(C)C)CCC1CC(=O)NCCNC(C)=O. The number of carbonyl (C=O) groups excluding carboxylic acids is 3. The van der Waals surface area contributed by atoms with Crippen LogP contribution in [0.4, 0.5) is 4.79 Å².